The van der Waals surface area contributed by atoms with Gasteiger partial charge in [0, 0.05) is 18.0 Å². The quantitative estimate of drug-likeness (QED) is 0.918. The third-order valence-electron chi connectivity index (χ3n) is 5.62. The third kappa shape index (κ3) is 3.42. The monoisotopic (exact) mass is 327 g/mol. The van der Waals surface area contributed by atoms with Crippen LogP contribution in [0.25, 0.3) is 0 Å². The maximum atomic E-state index is 11.0. The molecule has 0 amide bonds. The van der Waals surface area contributed by atoms with Crippen molar-refractivity contribution in [1.29, 1.82) is 0 Å². The third-order valence-corrected chi connectivity index (χ3v) is 5.62. The number of nitrogens with zero attached hydrogens (tertiary/aromatic N) is 1. The summed E-state index contributed by atoms with van der Waals surface area (Å²) >= 11 is 0. The smallest absolute Gasteiger partial charge is 0.118 e. The molecule has 2 unspecified atom stereocenters. The van der Waals surface area contributed by atoms with Crippen LogP contribution in [0.1, 0.15) is 39.2 Å². The van der Waals surface area contributed by atoms with Crippen molar-refractivity contribution < 1.29 is 9.84 Å². The van der Waals surface area contributed by atoms with E-state index >= 15 is 0 Å². The van der Waals surface area contributed by atoms with Crippen LogP contribution in [0.2, 0.25) is 0 Å². The Bertz CT molecular complexity index is 474. The normalized spacial score (nSPS) is 28.0. The highest BCUT2D eigenvalue weighted by Gasteiger charge is 2.51. The number of aliphatic hydroxyl groups is 1. The molecule has 3 nitrogen and oxygen atoms in total. The number of hydrogen-bond acceptors (Lipinski definition) is 3. The zero-order valence-corrected chi connectivity index (χ0v) is 15.2. The van der Waals surface area contributed by atoms with E-state index in [1.807, 2.05) is 12.1 Å². The highest BCUT2D eigenvalue weighted by Crippen LogP contribution is 2.45. The van der Waals surface area contributed by atoms with Crippen molar-refractivity contribution in [2.75, 3.05) is 20.7 Å². The van der Waals surface area contributed by atoms with Gasteiger partial charge in [0.15, 0.2) is 0 Å². The lowest BCUT2D eigenvalue weighted by molar-refractivity contribution is -0.145. The van der Waals surface area contributed by atoms with Gasteiger partial charge in [0.1, 0.15) is 5.75 Å². The van der Waals surface area contributed by atoms with E-state index in [1.54, 1.807) is 7.11 Å². The van der Waals surface area contributed by atoms with Gasteiger partial charge < -0.3 is 14.7 Å². The van der Waals surface area contributed by atoms with E-state index in [0.29, 0.717) is 6.04 Å². The maximum Gasteiger partial charge on any atom is 0.118 e. The predicted octanol–water partition coefficient (Wildman–Crippen LogP) is 3.53. The lowest BCUT2D eigenvalue weighted by atomic mass is 9.63. The topological polar surface area (TPSA) is 32.7 Å². The molecule has 1 aliphatic heterocycles. The second-order valence-corrected chi connectivity index (χ2v) is 6.91. The zero-order chi connectivity index (χ0) is 15.7. The average Bonchev–Trinajstić information content (AvgIpc) is 2.48. The van der Waals surface area contributed by atoms with E-state index in [-0.39, 0.29) is 17.8 Å². The van der Waals surface area contributed by atoms with Crippen molar-refractivity contribution >= 4 is 12.4 Å². The molecule has 1 saturated heterocycles. The lowest BCUT2D eigenvalue weighted by Gasteiger charge is -2.55. The van der Waals surface area contributed by atoms with Crippen LogP contribution in [0.4, 0.5) is 0 Å². The molecule has 0 radical (unpaired) electrons. The van der Waals surface area contributed by atoms with Gasteiger partial charge in [0.25, 0.3) is 0 Å². The molecule has 4 heteroatoms. The first-order valence-electron chi connectivity index (χ1n) is 7.89. The van der Waals surface area contributed by atoms with Gasteiger partial charge in [-0.2, -0.15) is 0 Å². The molecule has 22 heavy (non-hydrogen) atoms. The molecule has 126 valence electrons. The van der Waals surface area contributed by atoms with Gasteiger partial charge in [0.05, 0.1) is 12.7 Å². The molecule has 0 saturated carbocycles. The summed E-state index contributed by atoms with van der Waals surface area (Å²) < 4.78 is 5.22. The average molecular weight is 328 g/mol. The van der Waals surface area contributed by atoms with E-state index < -0.39 is 5.60 Å². The van der Waals surface area contributed by atoms with Crippen molar-refractivity contribution in [2.24, 2.45) is 5.41 Å². The van der Waals surface area contributed by atoms with E-state index in [4.69, 9.17) is 4.74 Å². The summed E-state index contributed by atoms with van der Waals surface area (Å²) in [6, 6.07) is 8.61. The Labute approximate surface area is 141 Å². The van der Waals surface area contributed by atoms with E-state index in [2.05, 4.69) is 44.9 Å². The Balaban J connectivity index is 0.00000242. The Morgan fingerprint density at radius 1 is 1.27 bits per heavy atom. The van der Waals surface area contributed by atoms with Gasteiger partial charge in [-0.3, -0.25) is 0 Å². The first kappa shape index (κ1) is 19.3. The number of benzene rings is 1. The molecule has 1 N–H and O–H groups in total. The van der Waals surface area contributed by atoms with Crippen LogP contribution in [-0.4, -0.2) is 42.4 Å². The zero-order valence-electron chi connectivity index (χ0n) is 14.4. The summed E-state index contributed by atoms with van der Waals surface area (Å²) in [5, 5.41) is 11.0. The number of rotatable bonds is 4. The number of likely N-dealkylation sites (tertiary alicyclic amines) is 1. The van der Waals surface area contributed by atoms with Gasteiger partial charge in [-0.25, -0.2) is 0 Å². The molecule has 1 fully saturated rings. The largest absolute Gasteiger partial charge is 0.497 e. The van der Waals surface area contributed by atoms with Crippen molar-refractivity contribution in [1.82, 2.24) is 4.90 Å². The molecular weight excluding hydrogens is 298 g/mol. The number of methoxy groups -OCH3 is 1. The van der Waals surface area contributed by atoms with Crippen LogP contribution < -0.4 is 4.74 Å². The SMILES string of the molecule is CCC1(O)CCN(C)C(Cc2ccc(OC)cc2)C1(C)C.Cl. The van der Waals surface area contributed by atoms with Crippen molar-refractivity contribution in [2.45, 2.75) is 51.7 Å². The predicted molar refractivity (Wildman–Crippen MR) is 94.0 cm³/mol. The van der Waals surface area contributed by atoms with E-state index in [9.17, 15) is 5.11 Å². The van der Waals surface area contributed by atoms with Gasteiger partial charge in [-0.1, -0.05) is 32.9 Å². The first-order chi connectivity index (χ1) is 9.84. The van der Waals surface area contributed by atoms with Crippen LogP contribution in [0.3, 0.4) is 0 Å². The van der Waals surface area contributed by atoms with E-state index in [0.717, 1.165) is 31.6 Å². The van der Waals surface area contributed by atoms with Gasteiger partial charge >= 0.3 is 0 Å². The van der Waals surface area contributed by atoms with Crippen molar-refractivity contribution in [3.63, 3.8) is 0 Å². The fourth-order valence-corrected chi connectivity index (χ4v) is 3.73. The fourth-order valence-electron chi connectivity index (χ4n) is 3.73. The van der Waals surface area contributed by atoms with Crippen LogP contribution in [0.5, 0.6) is 5.75 Å². The minimum atomic E-state index is -0.573. The lowest BCUT2D eigenvalue weighted by Crippen LogP contribution is -2.62. The molecule has 0 aliphatic carbocycles. The summed E-state index contributed by atoms with van der Waals surface area (Å²) in [5.74, 6) is 0.889. The number of likely N-dealkylation sites (N-methyl/N-ethyl adjacent to an activating group) is 1. The van der Waals surface area contributed by atoms with Gasteiger partial charge in [-0.05, 0) is 44.0 Å². The molecule has 0 bridgehead atoms. The van der Waals surface area contributed by atoms with Crippen LogP contribution >= 0.6 is 12.4 Å². The molecule has 1 aromatic carbocycles. The van der Waals surface area contributed by atoms with Gasteiger partial charge in [0.2, 0.25) is 0 Å². The summed E-state index contributed by atoms with van der Waals surface area (Å²) in [4.78, 5) is 2.40. The molecule has 0 spiro atoms. The number of hydrogen-bond donors (Lipinski definition) is 1. The van der Waals surface area contributed by atoms with Crippen LogP contribution in [-0.2, 0) is 6.42 Å². The molecule has 2 rings (SSSR count). The fraction of sp³-hybridized carbons (Fsp3) is 0.667. The van der Waals surface area contributed by atoms with Crippen LogP contribution in [0, 0.1) is 5.41 Å². The first-order valence-corrected chi connectivity index (χ1v) is 7.89. The second kappa shape index (κ2) is 7.20. The Kier molecular flexibility index (Phi) is 6.31. The number of halogens is 1. The molecule has 1 aliphatic rings. The van der Waals surface area contributed by atoms with Crippen LogP contribution in [0.15, 0.2) is 24.3 Å². The maximum absolute atomic E-state index is 11.0. The Morgan fingerprint density at radius 3 is 2.36 bits per heavy atom. The van der Waals surface area contributed by atoms with Crippen molar-refractivity contribution in [3.05, 3.63) is 29.8 Å². The summed E-state index contributed by atoms with van der Waals surface area (Å²) in [6.07, 6.45) is 2.62. The Morgan fingerprint density at radius 2 is 1.86 bits per heavy atom. The molecule has 1 aromatic rings. The minimum Gasteiger partial charge on any atom is -0.497 e. The number of piperidine rings is 1. The highest BCUT2D eigenvalue weighted by molar-refractivity contribution is 5.85. The molecule has 2 atom stereocenters. The minimum absolute atomic E-state index is 0. The summed E-state index contributed by atoms with van der Waals surface area (Å²) in [7, 11) is 3.86. The van der Waals surface area contributed by atoms with Gasteiger partial charge in [-0.15, -0.1) is 12.4 Å². The molecule has 1 heterocycles. The molecular formula is C18H30ClNO2. The van der Waals surface area contributed by atoms with E-state index in [1.165, 1.54) is 5.56 Å². The summed E-state index contributed by atoms with van der Waals surface area (Å²) in [6.45, 7) is 7.47. The summed E-state index contributed by atoms with van der Waals surface area (Å²) in [5.41, 5.74) is 0.590. The highest BCUT2D eigenvalue weighted by atomic mass is 35.5. The standard InChI is InChI=1S/C18H29NO2.ClH/c1-6-18(20)11-12-19(4)16(17(18,2)3)13-14-7-9-15(21-5)10-8-14;/h7-10,16,20H,6,11-13H2,1-5H3;1H. The Hall–Kier alpha value is -0.770. The second-order valence-electron chi connectivity index (χ2n) is 6.91. The molecule has 0 aromatic heterocycles. The number of ether oxygens (including phenoxy) is 1. The van der Waals surface area contributed by atoms with Crippen molar-refractivity contribution in [3.8, 4) is 5.75 Å².